The summed E-state index contributed by atoms with van der Waals surface area (Å²) < 4.78 is 2.51. The van der Waals surface area contributed by atoms with Gasteiger partial charge in [0, 0.05) is 31.7 Å². The number of aromatic nitrogens is 2. The lowest BCUT2D eigenvalue weighted by Gasteiger charge is -2.24. The minimum atomic E-state index is 0.899. The van der Waals surface area contributed by atoms with Crippen LogP contribution < -0.4 is 5.32 Å². The summed E-state index contributed by atoms with van der Waals surface area (Å²) >= 11 is 0. The van der Waals surface area contributed by atoms with Gasteiger partial charge in [-0.05, 0) is 25.7 Å². The van der Waals surface area contributed by atoms with Crippen LogP contribution in [-0.2, 0) is 19.5 Å². The summed E-state index contributed by atoms with van der Waals surface area (Å²) in [7, 11) is 0. The van der Waals surface area contributed by atoms with E-state index in [-0.39, 0.29) is 0 Å². The summed E-state index contributed by atoms with van der Waals surface area (Å²) in [4.78, 5) is 4.72. The van der Waals surface area contributed by atoms with Gasteiger partial charge in [0.05, 0.1) is 5.69 Å². The molecule has 1 fully saturated rings. The highest BCUT2D eigenvalue weighted by Gasteiger charge is 2.21. The average Bonchev–Trinajstić information content (AvgIpc) is 2.68. The predicted octanol–water partition coefficient (Wildman–Crippen LogP) is 2.42. The highest BCUT2D eigenvalue weighted by molar-refractivity contribution is 5.19. The van der Waals surface area contributed by atoms with Crippen LogP contribution >= 0.6 is 0 Å². The number of imidazole rings is 1. The fourth-order valence-corrected chi connectivity index (χ4v) is 3.38. The van der Waals surface area contributed by atoms with Crippen molar-refractivity contribution < 1.29 is 0 Å². The Morgan fingerprint density at radius 3 is 2.94 bits per heavy atom. The van der Waals surface area contributed by atoms with Crippen LogP contribution in [0.4, 0.5) is 0 Å². The van der Waals surface area contributed by atoms with Crippen molar-refractivity contribution in [2.24, 2.45) is 5.92 Å². The summed E-state index contributed by atoms with van der Waals surface area (Å²) in [6.07, 6.45) is 8.31. The van der Waals surface area contributed by atoms with E-state index in [4.69, 9.17) is 4.98 Å². The van der Waals surface area contributed by atoms with Gasteiger partial charge in [0.1, 0.15) is 5.82 Å². The Morgan fingerprint density at radius 2 is 2.12 bits per heavy atom. The standard InChI is InChI=1S/C14H23N3/c1-11-16-13-9-15-8-7-14(13)17(11)10-12-5-3-2-4-6-12/h12,15H,2-10H2,1H3. The fraction of sp³-hybridized carbons (Fsp3) is 0.786. The minimum absolute atomic E-state index is 0.899. The Balaban J connectivity index is 1.79. The zero-order valence-electron chi connectivity index (χ0n) is 10.8. The summed E-state index contributed by atoms with van der Waals surface area (Å²) in [6, 6.07) is 0. The molecule has 3 nitrogen and oxygen atoms in total. The third-order valence-electron chi connectivity index (χ3n) is 4.34. The van der Waals surface area contributed by atoms with E-state index in [0.717, 1.165) is 25.4 Å². The number of nitrogens with zero attached hydrogens (tertiary/aromatic N) is 2. The number of nitrogens with one attached hydrogen (secondary N) is 1. The second-order valence-electron chi connectivity index (χ2n) is 5.59. The number of hydrogen-bond donors (Lipinski definition) is 1. The first-order chi connectivity index (χ1) is 8.34. The molecule has 94 valence electrons. The Bertz CT molecular complexity index is 388. The summed E-state index contributed by atoms with van der Waals surface area (Å²) in [5, 5.41) is 3.41. The van der Waals surface area contributed by atoms with Crippen molar-refractivity contribution >= 4 is 0 Å². The molecule has 17 heavy (non-hydrogen) atoms. The summed E-state index contributed by atoms with van der Waals surface area (Å²) in [6.45, 7) is 5.46. The van der Waals surface area contributed by atoms with Crippen LogP contribution in [0.15, 0.2) is 0 Å². The normalized spacial score (nSPS) is 21.5. The van der Waals surface area contributed by atoms with E-state index in [9.17, 15) is 0 Å². The molecule has 2 heterocycles. The largest absolute Gasteiger partial charge is 0.332 e. The molecule has 1 aliphatic carbocycles. The van der Waals surface area contributed by atoms with Crippen molar-refractivity contribution in [2.45, 2.75) is 58.5 Å². The first-order valence-corrected chi connectivity index (χ1v) is 7.10. The average molecular weight is 233 g/mol. The van der Waals surface area contributed by atoms with Gasteiger partial charge in [-0.1, -0.05) is 19.3 Å². The van der Waals surface area contributed by atoms with Crippen molar-refractivity contribution in [1.29, 1.82) is 0 Å². The summed E-state index contributed by atoms with van der Waals surface area (Å²) in [5.74, 6) is 2.12. The maximum atomic E-state index is 4.72. The van der Waals surface area contributed by atoms with E-state index in [1.165, 1.54) is 55.9 Å². The van der Waals surface area contributed by atoms with Crippen molar-refractivity contribution in [2.75, 3.05) is 6.54 Å². The van der Waals surface area contributed by atoms with E-state index < -0.39 is 0 Å². The molecule has 1 N–H and O–H groups in total. The molecular formula is C14H23N3. The highest BCUT2D eigenvalue weighted by Crippen LogP contribution is 2.27. The van der Waals surface area contributed by atoms with Crippen LogP contribution in [0.5, 0.6) is 0 Å². The van der Waals surface area contributed by atoms with Gasteiger partial charge in [0.2, 0.25) is 0 Å². The lowest BCUT2D eigenvalue weighted by Crippen LogP contribution is -2.26. The lowest BCUT2D eigenvalue weighted by molar-refractivity contribution is 0.313. The van der Waals surface area contributed by atoms with E-state index in [1.807, 2.05) is 0 Å². The molecule has 0 aromatic carbocycles. The molecule has 1 aliphatic heterocycles. The molecule has 0 atom stereocenters. The summed E-state index contributed by atoms with van der Waals surface area (Å²) in [5.41, 5.74) is 2.80. The lowest BCUT2D eigenvalue weighted by atomic mass is 9.89. The van der Waals surface area contributed by atoms with Crippen molar-refractivity contribution in [3.05, 3.63) is 17.2 Å². The van der Waals surface area contributed by atoms with Crippen LogP contribution in [0, 0.1) is 12.8 Å². The predicted molar refractivity (Wildman–Crippen MR) is 68.9 cm³/mol. The number of fused-ring (bicyclic) bond motifs is 1. The number of hydrogen-bond acceptors (Lipinski definition) is 2. The molecule has 0 unspecified atom stereocenters. The van der Waals surface area contributed by atoms with Gasteiger partial charge in [-0.3, -0.25) is 0 Å². The van der Waals surface area contributed by atoms with Gasteiger partial charge >= 0.3 is 0 Å². The number of aryl methyl sites for hydroxylation is 1. The Hall–Kier alpha value is -0.830. The molecule has 0 radical (unpaired) electrons. The van der Waals surface area contributed by atoms with Crippen LogP contribution in [0.2, 0.25) is 0 Å². The molecule has 0 saturated heterocycles. The minimum Gasteiger partial charge on any atom is -0.332 e. The second kappa shape index (κ2) is 4.81. The quantitative estimate of drug-likeness (QED) is 0.850. The topological polar surface area (TPSA) is 29.9 Å². The maximum Gasteiger partial charge on any atom is 0.106 e. The first-order valence-electron chi connectivity index (χ1n) is 7.10. The number of rotatable bonds is 2. The molecule has 0 spiro atoms. The zero-order valence-corrected chi connectivity index (χ0v) is 10.8. The Morgan fingerprint density at radius 1 is 1.29 bits per heavy atom. The molecule has 0 bridgehead atoms. The maximum absolute atomic E-state index is 4.72. The van der Waals surface area contributed by atoms with Crippen LogP contribution in [0.1, 0.15) is 49.3 Å². The molecule has 3 rings (SSSR count). The van der Waals surface area contributed by atoms with Gasteiger partial charge in [-0.2, -0.15) is 0 Å². The van der Waals surface area contributed by atoms with E-state index in [1.54, 1.807) is 0 Å². The molecule has 3 heteroatoms. The van der Waals surface area contributed by atoms with E-state index in [2.05, 4.69) is 16.8 Å². The van der Waals surface area contributed by atoms with Crippen LogP contribution in [-0.4, -0.2) is 16.1 Å². The van der Waals surface area contributed by atoms with Gasteiger partial charge in [0.15, 0.2) is 0 Å². The smallest absolute Gasteiger partial charge is 0.106 e. The molecule has 0 amide bonds. The van der Waals surface area contributed by atoms with Gasteiger partial charge in [-0.15, -0.1) is 0 Å². The second-order valence-corrected chi connectivity index (χ2v) is 5.59. The monoisotopic (exact) mass is 233 g/mol. The van der Waals surface area contributed by atoms with Crippen molar-refractivity contribution in [3.63, 3.8) is 0 Å². The van der Waals surface area contributed by atoms with E-state index >= 15 is 0 Å². The van der Waals surface area contributed by atoms with Crippen molar-refractivity contribution in [1.82, 2.24) is 14.9 Å². The molecule has 1 saturated carbocycles. The van der Waals surface area contributed by atoms with Gasteiger partial charge in [-0.25, -0.2) is 4.98 Å². The van der Waals surface area contributed by atoms with Crippen LogP contribution in [0.3, 0.4) is 0 Å². The van der Waals surface area contributed by atoms with Gasteiger partial charge < -0.3 is 9.88 Å². The van der Waals surface area contributed by atoms with Crippen molar-refractivity contribution in [3.8, 4) is 0 Å². The SMILES string of the molecule is Cc1nc2c(n1CC1CCCCC1)CCNC2. The van der Waals surface area contributed by atoms with Gasteiger partial charge in [0.25, 0.3) is 0 Å². The Labute approximate surface area is 104 Å². The highest BCUT2D eigenvalue weighted by atomic mass is 15.1. The third-order valence-corrected chi connectivity index (χ3v) is 4.34. The zero-order chi connectivity index (χ0) is 11.7. The molecular weight excluding hydrogens is 210 g/mol. The Kier molecular flexibility index (Phi) is 3.19. The fourth-order valence-electron chi connectivity index (χ4n) is 3.38. The molecule has 2 aliphatic rings. The third kappa shape index (κ3) is 2.25. The van der Waals surface area contributed by atoms with Crippen LogP contribution in [0.25, 0.3) is 0 Å². The molecule has 1 aromatic heterocycles. The first kappa shape index (κ1) is 11.3. The van der Waals surface area contributed by atoms with E-state index in [0.29, 0.717) is 0 Å². The molecule has 1 aromatic rings.